The van der Waals surface area contributed by atoms with Gasteiger partial charge >= 0.3 is 0 Å². The Morgan fingerprint density at radius 3 is 2.43 bits per heavy atom. The summed E-state index contributed by atoms with van der Waals surface area (Å²) in [6.07, 6.45) is 8.87. The van der Waals surface area contributed by atoms with Gasteiger partial charge in [0.25, 0.3) is 0 Å². The number of amides is 1. The van der Waals surface area contributed by atoms with Crippen LogP contribution in [0.25, 0.3) is 0 Å². The molecule has 2 aliphatic rings. The molecule has 3 atom stereocenters. The molecule has 0 aromatic heterocycles. The summed E-state index contributed by atoms with van der Waals surface area (Å²) in [5, 5.41) is 3.24. The second-order valence-electron chi connectivity index (χ2n) is 7.76. The van der Waals surface area contributed by atoms with Gasteiger partial charge in [-0.2, -0.15) is 0 Å². The zero-order valence-electron chi connectivity index (χ0n) is 13.9. The molecular weight excluding hydrogens is 284 g/mol. The van der Waals surface area contributed by atoms with Crippen LogP contribution in [0.2, 0.25) is 0 Å². The van der Waals surface area contributed by atoms with Crippen LogP contribution in [-0.4, -0.2) is 18.0 Å². The third-order valence-electron chi connectivity index (χ3n) is 5.17. The molecule has 4 heteroatoms. The SMILES string of the molecule is CC(C)CC(C)(CN)NC(=O)C1CC1C1CCCCC1.Cl. The fraction of sp³-hybridized carbons (Fsp3) is 0.941. The molecule has 124 valence electrons. The number of hydrogen-bond acceptors (Lipinski definition) is 2. The average Bonchev–Trinajstić information content (AvgIpc) is 3.19. The minimum absolute atomic E-state index is 0. The lowest BCUT2D eigenvalue weighted by Gasteiger charge is -2.31. The van der Waals surface area contributed by atoms with Crippen LogP contribution >= 0.6 is 12.4 Å². The van der Waals surface area contributed by atoms with Crippen molar-refractivity contribution in [3.05, 3.63) is 0 Å². The van der Waals surface area contributed by atoms with Crippen molar-refractivity contribution in [3.8, 4) is 0 Å². The summed E-state index contributed by atoms with van der Waals surface area (Å²) in [5.41, 5.74) is 5.66. The highest BCUT2D eigenvalue weighted by Gasteiger charge is 2.48. The van der Waals surface area contributed by atoms with Crippen LogP contribution in [-0.2, 0) is 4.79 Å². The number of halogens is 1. The minimum Gasteiger partial charge on any atom is -0.349 e. The number of hydrogen-bond donors (Lipinski definition) is 2. The molecule has 0 aromatic rings. The normalized spacial score (nSPS) is 28.6. The summed E-state index contributed by atoms with van der Waals surface area (Å²) in [6, 6.07) is 0. The first-order valence-corrected chi connectivity index (χ1v) is 8.47. The molecule has 0 bridgehead atoms. The van der Waals surface area contributed by atoms with Crippen LogP contribution < -0.4 is 11.1 Å². The van der Waals surface area contributed by atoms with Crippen molar-refractivity contribution < 1.29 is 4.79 Å². The van der Waals surface area contributed by atoms with Gasteiger partial charge in [-0.15, -0.1) is 12.4 Å². The largest absolute Gasteiger partial charge is 0.349 e. The summed E-state index contributed by atoms with van der Waals surface area (Å²) in [7, 11) is 0. The van der Waals surface area contributed by atoms with Gasteiger partial charge in [-0.1, -0.05) is 46.0 Å². The van der Waals surface area contributed by atoms with Gasteiger partial charge in [0.05, 0.1) is 0 Å². The number of carbonyl (C=O) groups excluding carboxylic acids is 1. The van der Waals surface area contributed by atoms with E-state index in [1.165, 1.54) is 32.1 Å². The maximum atomic E-state index is 12.4. The van der Waals surface area contributed by atoms with Crippen LogP contribution in [0.5, 0.6) is 0 Å². The van der Waals surface area contributed by atoms with Crippen molar-refractivity contribution in [2.75, 3.05) is 6.54 Å². The van der Waals surface area contributed by atoms with Crippen LogP contribution in [0.4, 0.5) is 0 Å². The predicted molar refractivity (Wildman–Crippen MR) is 90.5 cm³/mol. The number of carbonyl (C=O) groups is 1. The highest BCUT2D eigenvalue weighted by molar-refractivity contribution is 5.85. The van der Waals surface area contributed by atoms with E-state index in [2.05, 4.69) is 26.1 Å². The van der Waals surface area contributed by atoms with Gasteiger partial charge in [0.2, 0.25) is 5.91 Å². The van der Waals surface area contributed by atoms with E-state index in [4.69, 9.17) is 5.73 Å². The molecule has 3 nitrogen and oxygen atoms in total. The van der Waals surface area contributed by atoms with Gasteiger partial charge in [0.1, 0.15) is 0 Å². The molecule has 1 amide bonds. The number of nitrogens with one attached hydrogen (secondary N) is 1. The Balaban J connectivity index is 0.00000220. The molecule has 2 saturated carbocycles. The second-order valence-corrected chi connectivity index (χ2v) is 7.76. The van der Waals surface area contributed by atoms with Gasteiger partial charge in [0, 0.05) is 18.0 Å². The highest BCUT2D eigenvalue weighted by Crippen LogP contribution is 2.49. The van der Waals surface area contributed by atoms with Gasteiger partial charge < -0.3 is 11.1 Å². The Kier molecular flexibility index (Phi) is 6.99. The van der Waals surface area contributed by atoms with Crippen molar-refractivity contribution in [3.63, 3.8) is 0 Å². The topological polar surface area (TPSA) is 55.1 Å². The zero-order chi connectivity index (χ0) is 14.8. The van der Waals surface area contributed by atoms with Crippen molar-refractivity contribution in [2.24, 2.45) is 29.4 Å². The molecule has 0 spiro atoms. The summed E-state index contributed by atoms with van der Waals surface area (Å²) in [6.45, 7) is 6.98. The molecule has 3 N–H and O–H groups in total. The van der Waals surface area contributed by atoms with Gasteiger partial charge in [-0.3, -0.25) is 4.79 Å². The van der Waals surface area contributed by atoms with Crippen LogP contribution in [0.3, 0.4) is 0 Å². The summed E-state index contributed by atoms with van der Waals surface area (Å²) < 4.78 is 0. The molecule has 0 saturated heterocycles. The summed E-state index contributed by atoms with van der Waals surface area (Å²) in [5.74, 6) is 2.56. The van der Waals surface area contributed by atoms with Crippen LogP contribution in [0, 0.1) is 23.7 Å². The lowest BCUT2D eigenvalue weighted by molar-refractivity contribution is -0.124. The first-order valence-electron chi connectivity index (χ1n) is 8.47. The van der Waals surface area contributed by atoms with Gasteiger partial charge in [-0.05, 0) is 37.5 Å². The van der Waals surface area contributed by atoms with Gasteiger partial charge in [-0.25, -0.2) is 0 Å². The van der Waals surface area contributed by atoms with Crippen molar-refractivity contribution >= 4 is 18.3 Å². The van der Waals surface area contributed by atoms with E-state index in [1.54, 1.807) is 0 Å². The molecule has 21 heavy (non-hydrogen) atoms. The Morgan fingerprint density at radius 2 is 1.90 bits per heavy atom. The highest BCUT2D eigenvalue weighted by atomic mass is 35.5. The van der Waals surface area contributed by atoms with Gasteiger partial charge in [0.15, 0.2) is 0 Å². The standard InChI is InChI=1S/C17H32N2O.ClH/c1-12(2)10-17(3,11-18)19-16(20)15-9-14(15)13-7-5-4-6-8-13;/h12-15H,4-11,18H2,1-3H3,(H,19,20);1H. The number of rotatable bonds is 6. The zero-order valence-corrected chi connectivity index (χ0v) is 14.7. The van der Waals surface area contributed by atoms with Crippen molar-refractivity contribution in [1.82, 2.24) is 5.32 Å². The van der Waals surface area contributed by atoms with E-state index >= 15 is 0 Å². The minimum atomic E-state index is -0.231. The molecule has 0 aromatic carbocycles. The van der Waals surface area contributed by atoms with E-state index in [0.29, 0.717) is 18.4 Å². The van der Waals surface area contributed by atoms with Crippen molar-refractivity contribution in [2.45, 2.75) is 71.3 Å². The van der Waals surface area contributed by atoms with Crippen LogP contribution in [0.15, 0.2) is 0 Å². The maximum Gasteiger partial charge on any atom is 0.223 e. The van der Waals surface area contributed by atoms with E-state index < -0.39 is 0 Å². The third kappa shape index (κ3) is 5.14. The lowest BCUT2D eigenvalue weighted by Crippen LogP contribution is -2.52. The molecular formula is C17H33ClN2O. The van der Waals surface area contributed by atoms with Crippen LogP contribution in [0.1, 0.15) is 65.7 Å². The van der Waals surface area contributed by atoms with E-state index in [1.807, 2.05) is 0 Å². The summed E-state index contributed by atoms with van der Waals surface area (Å²) >= 11 is 0. The molecule has 2 fully saturated rings. The fourth-order valence-corrected chi connectivity index (χ4v) is 4.08. The van der Waals surface area contributed by atoms with E-state index in [0.717, 1.165) is 18.8 Å². The predicted octanol–water partition coefficient (Wildman–Crippen LogP) is 3.50. The fourth-order valence-electron chi connectivity index (χ4n) is 4.08. The first kappa shape index (κ1) is 18.8. The Morgan fingerprint density at radius 1 is 1.29 bits per heavy atom. The Hall–Kier alpha value is -0.280. The van der Waals surface area contributed by atoms with Crippen molar-refractivity contribution in [1.29, 1.82) is 0 Å². The Labute approximate surface area is 136 Å². The average molecular weight is 317 g/mol. The number of nitrogens with two attached hydrogens (primary N) is 1. The second kappa shape index (κ2) is 7.82. The third-order valence-corrected chi connectivity index (χ3v) is 5.17. The van der Waals surface area contributed by atoms with E-state index in [9.17, 15) is 4.79 Å². The molecule has 0 aliphatic heterocycles. The maximum absolute atomic E-state index is 12.4. The summed E-state index contributed by atoms with van der Waals surface area (Å²) in [4.78, 5) is 12.4. The first-order chi connectivity index (χ1) is 9.45. The molecule has 3 unspecified atom stereocenters. The smallest absolute Gasteiger partial charge is 0.223 e. The Bertz CT molecular complexity index is 342. The molecule has 2 rings (SSSR count). The molecule has 0 heterocycles. The molecule has 2 aliphatic carbocycles. The van der Waals surface area contributed by atoms with E-state index in [-0.39, 0.29) is 29.8 Å². The lowest BCUT2D eigenvalue weighted by atomic mass is 9.85. The monoisotopic (exact) mass is 316 g/mol. The molecule has 0 radical (unpaired) electrons. The quantitative estimate of drug-likeness (QED) is 0.788.